The van der Waals surface area contributed by atoms with Crippen molar-refractivity contribution in [3.63, 3.8) is 0 Å². The third-order valence-electron chi connectivity index (χ3n) is 3.33. The monoisotopic (exact) mass is 338 g/mol. The van der Waals surface area contributed by atoms with Crippen LogP contribution in [0.4, 0.5) is 4.39 Å². The molecule has 2 nitrogen and oxygen atoms in total. The molecule has 0 aliphatic heterocycles. The largest absolute Gasteiger partial charge is 0.494 e. The minimum Gasteiger partial charge on any atom is -0.494 e. The van der Waals surface area contributed by atoms with E-state index in [0.717, 1.165) is 21.2 Å². The van der Waals surface area contributed by atoms with Crippen LogP contribution >= 0.6 is 15.9 Å². The Morgan fingerprint density at radius 3 is 2.45 bits per heavy atom. The van der Waals surface area contributed by atoms with Gasteiger partial charge in [0.25, 0.3) is 0 Å². The molecule has 0 amide bonds. The summed E-state index contributed by atoms with van der Waals surface area (Å²) in [5.41, 5.74) is 3.26. The molecule has 0 heterocycles. The Morgan fingerprint density at radius 1 is 1.15 bits per heavy atom. The number of hydrogen-bond acceptors (Lipinski definition) is 2. The van der Waals surface area contributed by atoms with E-state index in [1.54, 1.807) is 6.07 Å². The third-order valence-corrected chi connectivity index (χ3v) is 4.19. The van der Waals surface area contributed by atoms with Gasteiger partial charge in [0.15, 0.2) is 11.6 Å². The van der Waals surface area contributed by atoms with E-state index in [1.165, 1.54) is 19.2 Å². The molecule has 0 aliphatic carbocycles. The molecule has 0 aromatic heterocycles. The molecule has 0 aliphatic rings. The van der Waals surface area contributed by atoms with E-state index in [4.69, 9.17) is 4.74 Å². The molecule has 0 bridgehead atoms. The van der Waals surface area contributed by atoms with Crippen LogP contribution in [0, 0.1) is 19.7 Å². The number of aryl methyl sites for hydroxylation is 2. The van der Waals surface area contributed by atoms with Gasteiger partial charge in [-0.05, 0) is 54.3 Å². The minimum absolute atomic E-state index is 0.171. The van der Waals surface area contributed by atoms with Crippen molar-refractivity contribution in [2.45, 2.75) is 20.0 Å². The molecule has 1 N–H and O–H groups in total. The quantitative estimate of drug-likeness (QED) is 0.904. The van der Waals surface area contributed by atoms with Gasteiger partial charge in [-0.15, -0.1) is 0 Å². The summed E-state index contributed by atoms with van der Waals surface area (Å²) in [5, 5.41) is 10.5. The molecule has 0 fully saturated rings. The van der Waals surface area contributed by atoms with Crippen LogP contribution in [0.2, 0.25) is 0 Å². The number of methoxy groups -OCH3 is 1. The van der Waals surface area contributed by atoms with Crippen LogP contribution in [0.1, 0.15) is 28.4 Å². The standard InChI is InChI=1S/C16H16BrFO2/c1-9-7-13(17)10(2)6-12(9)16(19)11-4-5-15(20-3)14(18)8-11/h4-8,16,19H,1-3H3. The van der Waals surface area contributed by atoms with E-state index < -0.39 is 11.9 Å². The van der Waals surface area contributed by atoms with Crippen molar-refractivity contribution >= 4 is 15.9 Å². The second-order valence-electron chi connectivity index (χ2n) is 4.75. The average molecular weight is 339 g/mol. The van der Waals surface area contributed by atoms with Gasteiger partial charge in [-0.25, -0.2) is 4.39 Å². The van der Waals surface area contributed by atoms with Crippen molar-refractivity contribution < 1.29 is 14.2 Å². The first-order chi connectivity index (χ1) is 9.43. The van der Waals surface area contributed by atoms with Crippen molar-refractivity contribution in [2.24, 2.45) is 0 Å². The lowest BCUT2D eigenvalue weighted by molar-refractivity contribution is 0.218. The Hall–Kier alpha value is -1.39. The molecule has 0 saturated heterocycles. The number of aliphatic hydroxyl groups is 1. The summed E-state index contributed by atoms with van der Waals surface area (Å²) in [6.07, 6.45) is -0.859. The number of halogens is 2. The lowest BCUT2D eigenvalue weighted by atomic mass is 9.96. The fraction of sp³-hybridized carbons (Fsp3) is 0.250. The highest BCUT2D eigenvalue weighted by atomic mass is 79.9. The van der Waals surface area contributed by atoms with Crippen LogP contribution in [-0.4, -0.2) is 12.2 Å². The van der Waals surface area contributed by atoms with Crippen LogP contribution in [-0.2, 0) is 0 Å². The highest BCUT2D eigenvalue weighted by Gasteiger charge is 2.16. The van der Waals surface area contributed by atoms with E-state index in [9.17, 15) is 9.50 Å². The van der Waals surface area contributed by atoms with Crippen LogP contribution in [0.5, 0.6) is 5.75 Å². The molecule has 1 atom stereocenters. The van der Waals surface area contributed by atoms with Gasteiger partial charge in [0, 0.05) is 4.47 Å². The molecular formula is C16H16BrFO2. The highest BCUT2D eigenvalue weighted by Crippen LogP contribution is 2.31. The van der Waals surface area contributed by atoms with Gasteiger partial charge >= 0.3 is 0 Å². The summed E-state index contributed by atoms with van der Waals surface area (Å²) in [4.78, 5) is 0. The third kappa shape index (κ3) is 2.86. The molecule has 0 saturated carbocycles. The molecule has 2 aromatic carbocycles. The van der Waals surface area contributed by atoms with Crippen LogP contribution in [0.15, 0.2) is 34.8 Å². The highest BCUT2D eigenvalue weighted by molar-refractivity contribution is 9.10. The molecule has 4 heteroatoms. The summed E-state index contributed by atoms with van der Waals surface area (Å²) in [5.74, 6) is -0.305. The fourth-order valence-electron chi connectivity index (χ4n) is 2.13. The van der Waals surface area contributed by atoms with E-state index in [-0.39, 0.29) is 5.75 Å². The average Bonchev–Trinajstić information content (AvgIpc) is 2.42. The van der Waals surface area contributed by atoms with Crippen LogP contribution in [0.3, 0.4) is 0 Å². The maximum atomic E-state index is 13.7. The Kier molecular flexibility index (Phi) is 4.45. The Morgan fingerprint density at radius 2 is 1.85 bits per heavy atom. The fourth-order valence-corrected chi connectivity index (χ4v) is 2.59. The van der Waals surface area contributed by atoms with Gasteiger partial charge in [-0.1, -0.05) is 28.1 Å². The second-order valence-corrected chi connectivity index (χ2v) is 5.61. The lowest BCUT2D eigenvalue weighted by Gasteiger charge is -2.16. The molecule has 20 heavy (non-hydrogen) atoms. The van der Waals surface area contributed by atoms with Gasteiger partial charge in [0.05, 0.1) is 7.11 Å². The van der Waals surface area contributed by atoms with Gasteiger partial charge in [-0.3, -0.25) is 0 Å². The SMILES string of the molecule is COc1ccc(C(O)c2cc(C)c(Br)cc2C)cc1F. The molecule has 106 valence electrons. The summed E-state index contributed by atoms with van der Waals surface area (Å²) < 4.78 is 19.6. The second kappa shape index (κ2) is 5.94. The first-order valence-electron chi connectivity index (χ1n) is 6.22. The molecule has 0 radical (unpaired) electrons. The van der Waals surface area contributed by atoms with Gasteiger partial charge in [-0.2, -0.15) is 0 Å². The zero-order valence-corrected chi connectivity index (χ0v) is 13.2. The van der Waals surface area contributed by atoms with Gasteiger partial charge in [0.2, 0.25) is 0 Å². The first-order valence-corrected chi connectivity index (χ1v) is 7.01. The molecular weight excluding hydrogens is 323 g/mol. The van der Waals surface area contributed by atoms with E-state index in [0.29, 0.717) is 5.56 Å². The molecule has 2 aromatic rings. The summed E-state index contributed by atoms with van der Waals surface area (Å²) in [6, 6.07) is 8.36. The maximum absolute atomic E-state index is 13.7. The Bertz CT molecular complexity index is 641. The zero-order valence-electron chi connectivity index (χ0n) is 11.6. The Balaban J connectivity index is 2.43. The topological polar surface area (TPSA) is 29.5 Å². The number of rotatable bonds is 3. The summed E-state index contributed by atoms with van der Waals surface area (Å²) in [6.45, 7) is 3.87. The van der Waals surface area contributed by atoms with Crippen molar-refractivity contribution in [3.05, 3.63) is 62.9 Å². The molecule has 1 unspecified atom stereocenters. The van der Waals surface area contributed by atoms with Gasteiger partial charge < -0.3 is 9.84 Å². The molecule has 0 spiro atoms. The predicted molar refractivity (Wildman–Crippen MR) is 80.6 cm³/mol. The lowest BCUT2D eigenvalue weighted by Crippen LogP contribution is -2.04. The van der Waals surface area contributed by atoms with Gasteiger partial charge in [0.1, 0.15) is 6.10 Å². The minimum atomic E-state index is -0.859. The maximum Gasteiger partial charge on any atom is 0.165 e. The summed E-state index contributed by atoms with van der Waals surface area (Å²) in [7, 11) is 1.41. The van der Waals surface area contributed by atoms with Crippen molar-refractivity contribution in [3.8, 4) is 5.75 Å². The normalized spacial score (nSPS) is 12.3. The van der Waals surface area contributed by atoms with Crippen LogP contribution in [0.25, 0.3) is 0 Å². The van der Waals surface area contributed by atoms with E-state index in [2.05, 4.69) is 15.9 Å². The number of hydrogen-bond donors (Lipinski definition) is 1. The number of aliphatic hydroxyl groups excluding tert-OH is 1. The zero-order chi connectivity index (χ0) is 14.9. The van der Waals surface area contributed by atoms with E-state index >= 15 is 0 Å². The predicted octanol–water partition coefficient (Wildman–Crippen LogP) is 4.30. The molecule has 2 rings (SSSR count). The number of benzene rings is 2. The van der Waals surface area contributed by atoms with Crippen molar-refractivity contribution in [2.75, 3.05) is 7.11 Å². The van der Waals surface area contributed by atoms with Crippen molar-refractivity contribution in [1.29, 1.82) is 0 Å². The number of ether oxygens (including phenoxy) is 1. The van der Waals surface area contributed by atoms with Crippen molar-refractivity contribution in [1.82, 2.24) is 0 Å². The van der Waals surface area contributed by atoms with E-state index in [1.807, 2.05) is 26.0 Å². The smallest absolute Gasteiger partial charge is 0.165 e. The summed E-state index contributed by atoms with van der Waals surface area (Å²) >= 11 is 3.46. The first kappa shape index (κ1) is 15.0. The Labute approximate surface area is 126 Å². The van der Waals surface area contributed by atoms with Crippen LogP contribution < -0.4 is 4.74 Å².